The molecule has 1 aliphatic heterocycles. The quantitative estimate of drug-likeness (QED) is 0.801. The molecule has 0 atom stereocenters. The highest BCUT2D eigenvalue weighted by atomic mass is 35.5. The molecule has 1 aromatic carbocycles. The van der Waals surface area contributed by atoms with Gasteiger partial charge in [-0.1, -0.05) is 11.6 Å². The van der Waals surface area contributed by atoms with Crippen molar-refractivity contribution in [3.63, 3.8) is 0 Å². The number of halogens is 1. The smallest absolute Gasteiger partial charge is 0.406 e. The number of nitrogens with one attached hydrogen (secondary N) is 2. The van der Waals surface area contributed by atoms with E-state index in [1.54, 1.807) is 0 Å². The van der Waals surface area contributed by atoms with Crippen LogP contribution in [-0.2, 0) is 0 Å². The molecule has 17 heavy (non-hydrogen) atoms. The van der Waals surface area contributed by atoms with Gasteiger partial charge in [0.15, 0.2) is 5.58 Å². The topological polar surface area (TPSA) is 61.3 Å². The molecule has 6 heteroatoms. The predicted octanol–water partition coefficient (Wildman–Crippen LogP) is 1.18. The molecule has 3 rings (SSSR count). The van der Waals surface area contributed by atoms with Crippen LogP contribution in [0.1, 0.15) is 0 Å². The lowest BCUT2D eigenvalue weighted by atomic mass is 10.2. The van der Waals surface area contributed by atoms with E-state index in [2.05, 4.69) is 15.2 Å². The van der Waals surface area contributed by atoms with E-state index in [1.165, 1.54) is 0 Å². The highest BCUT2D eigenvalue weighted by Gasteiger charge is 2.14. The van der Waals surface area contributed by atoms with Gasteiger partial charge in [0.1, 0.15) is 0 Å². The van der Waals surface area contributed by atoms with Crippen LogP contribution in [0.3, 0.4) is 0 Å². The van der Waals surface area contributed by atoms with Crippen molar-refractivity contribution >= 4 is 28.4 Å². The zero-order chi connectivity index (χ0) is 11.8. The van der Waals surface area contributed by atoms with Gasteiger partial charge in [0.25, 0.3) is 0 Å². The summed E-state index contributed by atoms with van der Waals surface area (Å²) >= 11 is 6.10. The van der Waals surface area contributed by atoms with Crippen molar-refractivity contribution in [2.24, 2.45) is 0 Å². The van der Waals surface area contributed by atoms with Crippen LogP contribution in [0.15, 0.2) is 21.3 Å². The van der Waals surface area contributed by atoms with E-state index in [1.807, 2.05) is 12.1 Å². The van der Waals surface area contributed by atoms with Crippen LogP contribution >= 0.6 is 11.6 Å². The monoisotopic (exact) mass is 253 g/mol. The molecule has 1 saturated heterocycles. The van der Waals surface area contributed by atoms with Crippen molar-refractivity contribution in [3.05, 3.63) is 27.7 Å². The molecule has 2 aromatic rings. The summed E-state index contributed by atoms with van der Waals surface area (Å²) in [5.74, 6) is -0.473. The van der Waals surface area contributed by atoms with Gasteiger partial charge in [-0.15, -0.1) is 0 Å². The van der Waals surface area contributed by atoms with Crippen LogP contribution in [0.5, 0.6) is 0 Å². The minimum Gasteiger partial charge on any atom is -0.406 e. The number of oxazole rings is 1. The summed E-state index contributed by atoms with van der Waals surface area (Å²) in [4.78, 5) is 16.0. The van der Waals surface area contributed by atoms with Gasteiger partial charge in [-0.2, -0.15) is 0 Å². The zero-order valence-electron chi connectivity index (χ0n) is 9.12. The van der Waals surface area contributed by atoms with E-state index in [0.717, 1.165) is 31.9 Å². The molecule has 1 fully saturated rings. The molecule has 0 saturated carbocycles. The third kappa shape index (κ3) is 1.92. The Labute approximate surface area is 102 Å². The third-order valence-electron chi connectivity index (χ3n) is 2.94. The first-order valence-electron chi connectivity index (χ1n) is 5.52. The lowest BCUT2D eigenvalue weighted by molar-refractivity contribution is 0.555. The van der Waals surface area contributed by atoms with Gasteiger partial charge in [-0.05, 0) is 12.1 Å². The van der Waals surface area contributed by atoms with Crippen LogP contribution in [0.25, 0.3) is 11.1 Å². The van der Waals surface area contributed by atoms with Crippen molar-refractivity contribution in [1.82, 2.24) is 10.3 Å². The highest BCUT2D eigenvalue weighted by molar-refractivity contribution is 6.35. The minimum absolute atomic E-state index is 0.426. The SMILES string of the molecule is O=c1[nH]c2cc(N3CCNCC3)cc(Cl)c2o1. The van der Waals surface area contributed by atoms with Gasteiger partial charge < -0.3 is 14.6 Å². The number of hydrogen-bond donors (Lipinski definition) is 2. The maximum atomic E-state index is 11.1. The molecule has 0 spiro atoms. The summed E-state index contributed by atoms with van der Waals surface area (Å²) in [6, 6.07) is 3.74. The number of anilines is 1. The second kappa shape index (κ2) is 4.09. The maximum Gasteiger partial charge on any atom is 0.417 e. The Kier molecular flexibility index (Phi) is 2.57. The number of rotatable bonds is 1. The lowest BCUT2D eigenvalue weighted by Gasteiger charge is -2.29. The van der Waals surface area contributed by atoms with E-state index in [0.29, 0.717) is 16.1 Å². The summed E-state index contributed by atoms with van der Waals surface area (Å²) < 4.78 is 4.97. The standard InChI is InChI=1S/C11H12ClN3O2/c12-8-5-7(15-3-1-13-2-4-15)6-9-10(8)17-11(16)14-9/h5-6,13H,1-4H2,(H,14,16). The normalized spacial score (nSPS) is 16.6. The Balaban J connectivity index is 2.07. The number of nitrogens with zero attached hydrogens (tertiary/aromatic N) is 1. The van der Waals surface area contributed by atoms with Gasteiger partial charge in [0, 0.05) is 31.9 Å². The first-order valence-corrected chi connectivity index (χ1v) is 5.90. The Hall–Kier alpha value is -1.46. The fourth-order valence-corrected chi connectivity index (χ4v) is 2.36. The number of aromatic amines is 1. The average Bonchev–Trinajstić information content (AvgIpc) is 2.71. The first-order chi connectivity index (χ1) is 8.24. The number of aromatic nitrogens is 1. The molecule has 90 valence electrons. The number of piperazine rings is 1. The molecule has 0 unspecified atom stereocenters. The molecule has 2 N–H and O–H groups in total. The van der Waals surface area contributed by atoms with Crippen LogP contribution in [-0.4, -0.2) is 31.2 Å². The Morgan fingerprint density at radius 3 is 2.82 bits per heavy atom. The van der Waals surface area contributed by atoms with E-state index in [4.69, 9.17) is 16.0 Å². The van der Waals surface area contributed by atoms with Crippen molar-refractivity contribution < 1.29 is 4.42 Å². The zero-order valence-corrected chi connectivity index (χ0v) is 9.88. The molecule has 2 heterocycles. The van der Waals surface area contributed by atoms with E-state index < -0.39 is 5.76 Å². The summed E-state index contributed by atoms with van der Waals surface area (Å²) in [5, 5.41) is 3.76. The van der Waals surface area contributed by atoms with Crippen molar-refractivity contribution in [2.75, 3.05) is 31.1 Å². The number of benzene rings is 1. The van der Waals surface area contributed by atoms with Crippen LogP contribution < -0.4 is 16.0 Å². The number of fused-ring (bicyclic) bond motifs is 1. The Morgan fingerprint density at radius 1 is 1.29 bits per heavy atom. The molecule has 0 aliphatic carbocycles. The Morgan fingerprint density at radius 2 is 2.06 bits per heavy atom. The lowest BCUT2D eigenvalue weighted by Crippen LogP contribution is -2.43. The van der Waals surface area contributed by atoms with Crippen LogP contribution in [0.2, 0.25) is 5.02 Å². The average molecular weight is 254 g/mol. The summed E-state index contributed by atoms with van der Waals surface area (Å²) in [6.07, 6.45) is 0. The van der Waals surface area contributed by atoms with Gasteiger partial charge in [0.05, 0.1) is 10.5 Å². The molecular formula is C11H12ClN3O2. The van der Waals surface area contributed by atoms with Crippen molar-refractivity contribution in [1.29, 1.82) is 0 Å². The van der Waals surface area contributed by atoms with Crippen molar-refractivity contribution in [2.45, 2.75) is 0 Å². The maximum absolute atomic E-state index is 11.1. The summed E-state index contributed by atoms with van der Waals surface area (Å²) in [5.41, 5.74) is 2.09. The van der Waals surface area contributed by atoms with Gasteiger partial charge in [-0.3, -0.25) is 4.98 Å². The second-order valence-electron chi connectivity index (χ2n) is 4.06. The number of hydrogen-bond acceptors (Lipinski definition) is 4. The van der Waals surface area contributed by atoms with E-state index >= 15 is 0 Å². The molecule has 0 amide bonds. The van der Waals surface area contributed by atoms with Gasteiger partial charge in [-0.25, -0.2) is 4.79 Å². The largest absolute Gasteiger partial charge is 0.417 e. The van der Waals surface area contributed by atoms with E-state index in [9.17, 15) is 4.79 Å². The Bertz CT molecular complexity index is 598. The molecular weight excluding hydrogens is 242 g/mol. The first kappa shape index (κ1) is 10.7. The molecule has 0 radical (unpaired) electrons. The minimum atomic E-state index is -0.473. The van der Waals surface area contributed by atoms with E-state index in [-0.39, 0.29) is 0 Å². The van der Waals surface area contributed by atoms with Gasteiger partial charge >= 0.3 is 5.76 Å². The second-order valence-corrected chi connectivity index (χ2v) is 4.46. The van der Waals surface area contributed by atoms with Crippen LogP contribution in [0, 0.1) is 0 Å². The fourth-order valence-electron chi connectivity index (χ4n) is 2.11. The predicted molar refractivity (Wildman–Crippen MR) is 66.9 cm³/mol. The molecule has 1 aromatic heterocycles. The number of H-pyrrole nitrogens is 1. The van der Waals surface area contributed by atoms with Crippen molar-refractivity contribution in [3.8, 4) is 0 Å². The molecule has 0 bridgehead atoms. The summed E-state index contributed by atoms with van der Waals surface area (Å²) in [7, 11) is 0. The fraction of sp³-hybridized carbons (Fsp3) is 0.364. The third-order valence-corrected chi connectivity index (χ3v) is 3.22. The van der Waals surface area contributed by atoms with Crippen LogP contribution in [0.4, 0.5) is 5.69 Å². The molecule has 5 nitrogen and oxygen atoms in total. The highest BCUT2D eigenvalue weighted by Crippen LogP contribution is 2.28. The summed E-state index contributed by atoms with van der Waals surface area (Å²) in [6.45, 7) is 3.78. The van der Waals surface area contributed by atoms with Gasteiger partial charge in [0.2, 0.25) is 0 Å². The molecule has 1 aliphatic rings.